The topological polar surface area (TPSA) is 77.1 Å². The number of hydrogen-bond donors (Lipinski definition) is 1. The summed E-state index contributed by atoms with van der Waals surface area (Å²) in [5, 5.41) is 4.07. The van der Waals surface area contributed by atoms with Gasteiger partial charge in [-0.2, -0.15) is 11.3 Å². The van der Waals surface area contributed by atoms with Gasteiger partial charge in [0.05, 0.1) is 32.3 Å². The summed E-state index contributed by atoms with van der Waals surface area (Å²) in [6, 6.07) is 6.57. The van der Waals surface area contributed by atoms with Gasteiger partial charge in [0.25, 0.3) is 0 Å². The molecule has 0 amide bonds. The normalized spacial score (nSPS) is 16.8. The fourth-order valence-electron chi connectivity index (χ4n) is 3.07. The van der Waals surface area contributed by atoms with Crippen molar-refractivity contribution in [3.8, 4) is 11.5 Å². The summed E-state index contributed by atoms with van der Waals surface area (Å²) in [6.07, 6.45) is 0. The molecule has 2 aromatic rings. The van der Waals surface area contributed by atoms with E-state index in [1.807, 2.05) is 11.4 Å². The van der Waals surface area contributed by atoms with Crippen molar-refractivity contribution >= 4 is 21.4 Å². The van der Waals surface area contributed by atoms with E-state index < -0.39 is 10.0 Å². The third-order valence-electron chi connectivity index (χ3n) is 4.55. The molecular weight excluding hydrogens is 388 g/mol. The molecule has 1 saturated heterocycles. The van der Waals surface area contributed by atoms with Gasteiger partial charge in [0.15, 0.2) is 11.5 Å². The summed E-state index contributed by atoms with van der Waals surface area (Å²) in [4.78, 5) is 2.40. The highest BCUT2D eigenvalue weighted by Gasteiger charge is 2.25. The van der Waals surface area contributed by atoms with E-state index in [9.17, 15) is 8.42 Å². The van der Waals surface area contributed by atoms with E-state index in [2.05, 4.69) is 15.0 Å². The molecule has 1 aliphatic heterocycles. The van der Waals surface area contributed by atoms with Gasteiger partial charge in [0.1, 0.15) is 0 Å². The van der Waals surface area contributed by atoms with Gasteiger partial charge in [0, 0.05) is 31.7 Å². The molecule has 0 saturated carbocycles. The minimum atomic E-state index is -3.68. The molecule has 3 rings (SSSR count). The smallest absolute Gasteiger partial charge is 0.240 e. The van der Waals surface area contributed by atoms with Crippen LogP contribution in [0.25, 0.3) is 0 Å². The Balaban J connectivity index is 1.77. The Kier molecular flexibility index (Phi) is 6.72. The standard InChI is InChI=1S/C18H24N2O5S2/c1-23-17-4-3-15(11-18(17)24-2)27(21,22)19-12-16(14-5-10-26-13-14)20-6-8-25-9-7-20/h3-5,10-11,13,16,19H,6-9,12H2,1-2H3. The van der Waals surface area contributed by atoms with E-state index in [4.69, 9.17) is 14.2 Å². The number of morpholine rings is 1. The van der Waals surface area contributed by atoms with Crippen molar-refractivity contribution in [3.05, 3.63) is 40.6 Å². The van der Waals surface area contributed by atoms with Crippen molar-refractivity contribution in [2.75, 3.05) is 47.1 Å². The number of ether oxygens (including phenoxy) is 3. The van der Waals surface area contributed by atoms with E-state index in [-0.39, 0.29) is 17.5 Å². The van der Waals surface area contributed by atoms with E-state index in [0.717, 1.165) is 18.7 Å². The number of methoxy groups -OCH3 is 2. The van der Waals surface area contributed by atoms with Crippen LogP contribution < -0.4 is 14.2 Å². The van der Waals surface area contributed by atoms with E-state index >= 15 is 0 Å². The second-order valence-corrected chi connectivity index (χ2v) is 8.64. The molecule has 2 heterocycles. The van der Waals surface area contributed by atoms with Crippen LogP contribution >= 0.6 is 11.3 Å². The summed E-state index contributed by atoms with van der Waals surface area (Å²) < 4.78 is 44.2. The number of benzene rings is 1. The van der Waals surface area contributed by atoms with Gasteiger partial charge in [-0.1, -0.05) is 0 Å². The molecule has 1 aromatic carbocycles. The summed E-state index contributed by atoms with van der Waals surface area (Å²) >= 11 is 1.61. The Morgan fingerprint density at radius 2 is 1.93 bits per heavy atom. The van der Waals surface area contributed by atoms with Gasteiger partial charge < -0.3 is 14.2 Å². The van der Waals surface area contributed by atoms with Crippen LogP contribution in [0.15, 0.2) is 39.9 Å². The molecule has 0 bridgehead atoms. The van der Waals surface area contributed by atoms with Crippen LogP contribution in [-0.4, -0.2) is 60.4 Å². The first-order valence-electron chi connectivity index (χ1n) is 8.60. The Morgan fingerprint density at radius 3 is 2.56 bits per heavy atom. The lowest BCUT2D eigenvalue weighted by Crippen LogP contribution is -2.43. The molecule has 1 aliphatic rings. The van der Waals surface area contributed by atoms with Crippen LogP contribution in [0.1, 0.15) is 11.6 Å². The lowest BCUT2D eigenvalue weighted by Gasteiger charge is -2.34. The number of hydrogen-bond acceptors (Lipinski definition) is 7. The molecule has 27 heavy (non-hydrogen) atoms. The second kappa shape index (κ2) is 9.03. The van der Waals surface area contributed by atoms with Gasteiger partial charge in [-0.05, 0) is 34.5 Å². The maximum atomic E-state index is 12.8. The number of rotatable bonds is 8. The molecule has 1 fully saturated rings. The number of nitrogens with zero attached hydrogens (tertiary/aromatic N) is 1. The Hall–Kier alpha value is -1.65. The van der Waals surface area contributed by atoms with Gasteiger partial charge in [0.2, 0.25) is 10.0 Å². The van der Waals surface area contributed by atoms with Crippen LogP contribution in [-0.2, 0) is 14.8 Å². The van der Waals surface area contributed by atoms with E-state index in [0.29, 0.717) is 24.7 Å². The summed E-state index contributed by atoms with van der Waals surface area (Å²) in [7, 11) is -0.692. The van der Waals surface area contributed by atoms with E-state index in [1.54, 1.807) is 17.4 Å². The van der Waals surface area contributed by atoms with Crippen LogP contribution in [0.2, 0.25) is 0 Å². The molecule has 7 nitrogen and oxygen atoms in total. The monoisotopic (exact) mass is 412 g/mol. The van der Waals surface area contributed by atoms with Gasteiger partial charge >= 0.3 is 0 Å². The summed E-state index contributed by atoms with van der Waals surface area (Å²) in [5.41, 5.74) is 1.11. The zero-order valence-electron chi connectivity index (χ0n) is 15.4. The average Bonchev–Trinajstić information content (AvgIpc) is 3.22. The molecular formula is C18H24N2O5S2. The SMILES string of the molecule is COc1ccc(S(=O)(=O)NCC(c2ccsc2)N2CCOCC2)cc1OC. The molecule has 1 unspecified atom stereocenters. The quantitative estimate of drug-likeness (QED) is 0.716. The predicted molar refractivity (Wildman–Crippen MR) is 104 cm³/mol. The first-order chi connectivity index (χ1) is 13.0. The minimum absolute atomic E-state index is 0.0323. The van der Waals surface area contributed by atoms with Crippen LogP contribution in [0.3, 0.4) is 0 Å². The number of sulfonamides is 1. The van der Waals surface area contributed by atoms with Crippen molar-refractivity contribution in [3.63, 3.8) is 0 Å². The van der Waals surface area contributed by atoms with E-state index in [1.165, 1.54) is 26.4 Å². The Labute approximate surface area is 163 Å². The highest BCUT2D eigenvalue weighted by molar-refractivity contribution is 7.89. The lowest BCUT2D eigenvalue weighted by atomic mass is 10.1. The first-order valence-corrected chi connectivity index (χ1v) is 11.0. The summed E-state index contributed by atoms with van der Waals surface area (Å²) in [6.45, 7) is 3.15. The fourth-order valence-corrected chi connectivity index (χ4v) is 4.83. The molecule has 0 radical (unpaired) electrons. The van der Waals surface area contributed by atoms with Crippen LogP contribution in [0.4, 0.5) is 0 Å². The molecule has 0 aliphatic carbocycles. The highest BCUT2D eigenvalue weighted by Crippen LogP contribution is 2.30. The zero-order valence-corrected chi connectivity index (χ0v) is 17.0. The molecule has 9 heteroatoms. The Morgan fingerprint density at radius 1 is 1.19 bits per heavy atom. The molecule has 1 aromatic heterocycles. The third kappa shape index (κ3) is 4.80. The highest BCUT2D eigenvalue weighted by atomic mass is 32.2. The van der Waals surface area contributed by atoms with Crippen molar-refractivity contribution in [2.45, 2.75) is 10.9 Å². The molecule has 1 atom stereocenters. The van der Waals surface area contributed by atoms with Crippen molar-refractivity contribution in [1.82, 2.24) is 9.62 Å². The minimum Gasteiger partial charge on any atom is -0.493 e. The maximum absolute atomic E-state index is 12.8. The van der Waals surface area contributed by atoms with Crippen molar-refractivity contribution < 1.29 is 22.6 Å². The van der Waals surface area contributed by atoms with Gasteiger partial charge in [-0.15, -0.1) is 0 Å². The predicted octanol–water partition coefficient (Wildman–Crippen LogP) is 2.12. The average molecular weight is 413 g/mol. The lowest BCUT2D eigenvalue weighted by molar-refractivity contribution is 0.0173. The number of nitrogens with one attached hydrogen (secondary N) is 1. The zero-order chi connectivity index (χ0) is 19.3. The maximum Gasteiger partial charge on any atom is 0.240 e. The van der Waals surface area contributed by atoms with Crippen LogP contribution in [0, 0.1) is 0 Å². The second-order valence-electron chi connectivity index (χ2n) is 6.09. The van der Waals surface area contributed by atoms with Crippen molar-refractivity contribution in [2.24, 2.45) is 0 Å². The third-order valence-corrected chi connectivity index (χ3v) is 6.67. The Bertz CT molecular complexity index is 833. The number of thiophene rings is 1. The molecule has 148 valence electrons. The summed E-state index contributed by atoms with van der Waals surface area (Å²) in [5.74, 6) is 0.865. The fraction of sp³-hybridized carbons (Fsp3) is 0.444. The van der Waals surface area contributed by atoms with Gasteiger partial charge in [-0.25, -0.2) is 13.1 Å². The first kappa shape index (κ1) is 20.1. The molecule has 1 N–H and O–H groups in total. The van der Waals surface area contributed by atoms with Crippen molar-refractivity contribution in [1.29, 1.82) is 0 Å². The van der Waals surface area contributed by atoms with Crippen LogP contribution in [0.5, 0.6) is 11.5 Å². The molecule has 0 spiro atoms. The van der Waals surface area contributed by atoms with Gasteiger partial charge in [-0.3, -0.25) is 4.90 Å². The largest absolute Gasteiger partial charge is 0.493 e.